The molecule has 10 heteroatoms. The number of hydrogen-bond donors (Lipinski definition) is 4. The van der Waals surface area contributed by atoms with Crippen molar-refractivity contribution in [1.82, 2.24) is 31.3 Å². The quantitative estimate of drug-likeness (QED) is 0.544. The minimum absolute atomic E-state index is 0.325. The number of carbonyl (C=O) groups excluding carboxylic acids is 1. The van der Waals surface area contributed by atoms with Crippen molar-refractivity contribution in [3.8, 4) is 0 Å². The molecule has 1 rings (SSSR count). The molecule has 1 aromatic rings. The Hall–Kier alpha value is -1.84. The molecule has 4 N–H and O–H groups in total. The summed E-state index contributed by atoms with van der Waals surface area (Å²) in [6.45, 7) is 1.67. The van der Waals surface area contributed by atoms with Crippen molar-refractivity contribution in [1.29, 1.82) is 0 Å². The molecule has 19 heavy (non-hydrogen) atoms. The summed E-state index contributed by atoms with van der Waals surface area (Å²) in [6.07, 6.45) is 2.23. The first-order valence-electron chi connectivity index (χ1n) is 5.56. The third-order valence-corrected chi connectivity index (χ3v) is 2.95. The van der Waals surface area contributed by atoms with Gasteiger partial charge in [-0.3, -0.25) is 0 Å². The Morgan fingerprint density at radius 1 is 1.47 bits per heavy atom. The van der Waals surface area contributed by atoms with E-state index in [0.717, 1.165) is 0 Å². The number of amides is 2. The number of aromatic amines is 1. The van der Waals surface area contributed by atoms with E-state index in [4.69, 9.17) is 5.11 Å². The van der Waals surface area contributed by atoms with Crippen LogP contribution < -0.4 is 10.6 Å². The highest BCUT2D eigenvalue weighted by Crippen LogP contribution is 2.04. The zero-order valence-corrected chi connectivity index (χ0v) is 11.4. The van der Waals surface area contributed by atoms with Crippen LogP contribution in [0.4, 0.5) is 4.79 Å². The Bertz CT molecular complexity index is 412. The second-order valence-electron chi connectivity index (χ2n) is 3.78. The van der Waals surface area contributed by atoms with Gasteiger partial charge in [0.25, 0.3) is 0 Å². The van der Waals surface area contributed by atoms with E-state index in [0.29, 0.717) is 18.0 Å². The van der Waals surface area contributed by atoms with Crippen LogP contribution in [-0.2, 0) is 4.79 Å². The van der Waals surface area contributed by atoms with Crippen molar-refractivity contribution in [2.75, 3.05) is 12.0 Å². The van der Waals surface area contributed by atoms with E-state index >= 15 is 0 Å². The summed E-state index contributed by atoms with van der Waals surface area (Å²) in [7, 11) is 0. The van der Waals surface area contributed by atoms with Gasteiger partial charge in [-0.05, 0) is 25.4 Å². The van der Waals surface area contributed by atoms with E-state index in [1.54, 1.807) is 6.92 Å². The maximum Gasteiger partial charge on any atom is 0.326 e. The predicted octanol–water partition coefficient (Wildman–Crippen LogP) is -0.234. The number of aliphatic carboxylic acids is 1. The van der Waals surface area contributed by atoms with Crippen LogP contribution in [-0.4, -0.2) is 55.8 Å². The third-order valence-electron chi connectivity index (χ3n) is 2.31. The SMILES string of the molecule is CSCC[C@H](NC(=O)NC(C)c1nn[nH]n1)C(=O)O. The van der Waals surface area contributed by atoms with Crippen LogP contribution in [0.1, 0.15) is 25.2 Å². The highest BCUT2D eigenvalue weighted by atomic mass is 32.2. The van der Waals surface area contributed by atoms with Gasteiger partial charge in [0.15, 0.2) is 5.82 Å². The van der Waals surface area contributed by atoms with Gasteiger partial charge in [0.05, 0.1) is 6.04 Å². The number of thioether (sulfide) groups is 1. The molecule has 106 valence electrons. The average molecular weight is 288 g/mol. The van der Waals surface area contributed by atoms with Crippen LogP contribution in [0.3, 0.4) is 0 Å². The Balaban J connectivity index is 2.46. The fourth-order valence-electron chi connectivity index (χ4n) is 1.31. The lowest BCUT2D eigenvalue weighted by Crippen LogP contribution is -2.47. The molecular weight excluding hydrogens is 272 g/mol. The summed E-state index contributed by atoms with van der Waals surface area (Å²) >= 11 is 1.52. The number of rotatable bonds is 7. The lowest BCUT2D eigenvalue weighted by molar-refractivity contribution is -0.139. The predicted molar refractivity (Wildman–Crippen MR) is 68.7 cm³/mol. The molecule has 1 aromatic heterocycles. The highest BCUT2D eigenvalue weighted by molar-refractivity contribution is 7.98. The Morgan fingerprint density at radius 3 is 2.74 bits per heavy atom. The van der Waals surface area contributed by atoms with Gasteiger partial charge in [-0.1, -0.05) is 5.21 Å². The summed E-state index contributed by atoms with van der Waals surface area (Å²) < 4.78 is 0. The molecule has 0 radical (unpaired) electrons. The van der Waals surface area contributed by atoms with E-state index in [1.165, 1.54) is 11.8 Å². The van der Waals surface area contributed by atoms with Crippen molar-refractivity contribution >= 4 is 23.8 Å². The molecule has 0 aliphatic heterocycles. The highest BCUT2D eigenvalue weighted by Gasteiger charge is 2.21. The molecule has 1 unspecified atom stereocenters. The smallest absolute Gasteiger partial charge is 0.326 e. The minimum atomic E-state index is -1.06. The molecule has 0 saturated heterocycles. The van der Waals surface area contributed by atoms with Crippen LogP contribution in [0.25, 0.3) is 0 Å². The first-order chi connectivity index (χ1) is 9.04. The standard InChI is InChI=1S/C9H16N6O3S/c1-5(7-12-14-15-13-7)10-9(18)11-6(8(16)17)3-4-19-2/h5-6H,3-4H2,1-2H3,(H,16,17)(H2,10,11,18)(H,12,13,14,15)/t5?,6-/m0/s1. The van der Waals surface area contributed by atoms with Crippen molar-refractivity contribution in [2.24, 2.45) is 0 Å². The first-order valence-corrected chi connectivity index (χ1v) is 6.96. The van der Waals surface area contributed by atoms with Crippen molar-refractivity contribution in [2.45, 2.75) is 25.4 Å². The summed E-state index contributed by atoms with van der Waals surface area (Å²) in [6, 6.07) is -1.95. The molecule has 0 bridgehead atoms. The summed E-state index contributed by atoms with van der Waals surface area (Å²) in [4.78, 5) is 22.6. The van der Waals surface area contributed by atoms with Gasteiger partial charge in [0, 0.05) is 0 Å². The van der Waals surface area contributed by atoms with E-state index in [9.17, 15) is 9.59 Å². The molecule has 2 amide bonds. The molecular formula is C9H16N6O3S. The number of nitrogens with zero attached hydrogens (tertiary/aromatic N) is 3. The van der Waals surface area contributed by atoms with Gasteiger partial charge in [0.1, 0.15) is 6.04 Å². The molecule has 0 fully saturated rings. The molecule has 9 nitrogen and oxygen atoms in total. The monoisotopic (exact) mass is 288 g/mol. The number of carbonyl (C=O) groups is 2. The lowest BCUT2D eigenvalue weighted by atomic mass is 10.2. The van der Waals surface area contributed by atoms with Crippen molar-refractivity contribution in [3.63, 3.8) is 0 Å². The topological polar surface area (TPSA) is 133 Å². The van der Waals surface area contributed by atoms with Gasteiger partial charge < -0.3 is 15.7 Å². The number of hydrogen-bond acceptors (Lipinski definition) is 6. The molecule has 0 spiro atoms. The van der Waals surface area contributed by atoms with Gasteiger partial charge in [-0.25, -0.2) is 9.59 Å². The number of tetrazole rings is 1. The van der Waals surface area contributed by atoms with E-state index in [-0.39, 0.29) is 0 Å². The Morgan fingerprint density at radius 2 is 2.21 bits per heavy atom. The van der Waals surface area contributed by atoms with Gasteiger partial charge in [0.2, 0.25) is 0 Å². The third kappa shape index (κ3) is 5.12. The Kier molecular flexibility index (Phi) is 6.06. The summed E-state index contributed by atoms with van der Waals surface area (Å²) in [5, 5.41) is 27.0. The summed E-state index contributed by atoms with van der Waals surface area (Å²) in [5.41, 5.74) is 0. The molecule has 0 aliphatic rings. The number of carboxylic acids is 1. The second-order valence-corrected chi connectivity index (χ2v) is 4.77. The summed E-state index contributed by atoms with van der Waals surface area (Å²) in [5.74, 6) is -0.0833. The normalized spacial score (nSPS) is 13.6. The van der Waals surface area contributed by atoms with E-state index in [1.807, 2.05) is 6.26 Å². The number of nitrogens with one attached hydrogen (secondary N) is 3. The maximum absolute atomic E-state index is 11.6. The molecule has 0 saturated carbocycles. The van der Waals surface area contributed by atoms with Crippen LogP contribution in [0.5, 0.6) is 0 Å². The molecule has 0 aromatic carbocycles. The number of urea groups is 1. The van der Waals surface area contributed by atoms with Gasteiger partial charge in [-0.15, -0.1) is 10.2 Å². The molecule has 2 atom stereocenters. The van der Waals surface area contributed by atoms with Crippen LogP contribution in [0.2, 0.25) is 0 Å². The van der Waals surface area contributed by atoms with Crippen molar-refractivity contribution in [3.05, 3.63) is 5.82 Å². The van der Waals surface area contributed by atoms with Crippen molar-refractivity contribution < 1.29 is 14.7 Å². The van der Waals surface area contributed by atoms with Crippen LogP contribution in [0.15, 0.2) is 0 Å². The number of aromatic nitrogens is 4. The maximum atomic E-state index is 11.6. The van der Waals surface area contributed by atoms with Gasteiger partial charge in [-0.2, -0.15) is 17.0 Å². The minimum Gasteiger partial charge on any atom is -0.480 e. The van der Waals surface area contributed by atoms with Crippen LogP contribution >= 0.6 is 11.8 Å². The molecule has 1 heterocycles. The zero-order chi connectivity index (χ0) is 14.3. The number of carboxylic acid groups (broad SMARTS) is 1. The Labute approximate surface area is 113 Å². The van der Waals surface area contributed by atoms with Crippen LogP contribution in [0, 0.1) is 0 Å². The average Bonchev–Trinajstić information content (AvgIpc) is 2.87. The first kappa shape index (κ1) is 15.2. The fourth-order valence-corrected chi connectivity index (χ4v) is 1.78. The van der Waals surface area contributed by atoms with Gasteiger partial charge >= 0.3 is 12.0 Å². The largest absolute Gasteiger partial charge is 0.480 e. The number of H-pyrrole nitrogens is 1. The lowest BCUT2D eigenvalue weighted by Gasteiger charge is -2.16. The van der Waals surface area contributed by atoms with E-state index in [2.05, 4.69) is 31.3 Å². The fraction of sp³-hybridized carbons (Fsp3) is 0.667. The zero-order valence-electron chi connectivity index (χ0n) is 10.6. The van der Waals surface area contributed by atoms with E-state index < -0.39 is 24.1 Å². The molecule has 0 aliphatic carbocycles. The second kappa shape index (κ2) is 7.56.